The molecule has 1 heterocycles. The maximum atomic E-state index is 10.3. The number of ether oxygens (including phenoxy) is 1. The smallest absolute Gasteiger partial charge is 0.491 e. The molecule has 0 atom stereocenters. The van der Waals surface area contributed by atoms with Crippen LogP contribution in [-0.4, -0.2) is 37.1 Å². The van der Waals surface area contributed by atoms with Crippen LogP contribution < -0.4 is 10.5 Å². The van der Waals surface area contributed by atoms with Crippen LogP contribution >= 0.6 is 0 Å². The highest BCUT2D eigenvalue weighted by molar-refractivity contribution is 6.56. The SMILES string of the molecule is COc1cc(C#N)cc(C=C(CN)B2OC(C)(C)C(C)(C)O2)c1O. The highest BCUT2D eigenvalue weighted by atomic mass is 16.7. The first kappa shape index (κ1) is 18.3. The van der Waals surface area contributed by atoms with Gasteiger partial charge in [-0.05, 0) is 39.2 Å². The molecule has 1 fully saturated rings. The van der Waals surface area contributed by atoms with Crippen molar-refractivity contribution in [3.05, 3.63) is 28.7 Å². The Bertz CT molecular complexity index is 691. The molecular formula is C17H23BN2O4. The highest BCUT2D eigenvalue weighted by Crippen LogP contribution is 2.39. The molecule has 0 saturated carbocycles. The number of phenolic OH excluding ortho intramolecular Hbond substituents is 1. The number of nitriles is 1. The van der Waals surface area contributed by atoms with E-state index in [1.807, 2.05) is 33.8 Å². The number of benzene rings is 1. The van der Waals surface area contributed by atoms with Crippen molar-refractivity contribution in [3.8, 4) is 17.6 Å². The average molecular weight is 330 g/mol. The molecule has 1 aliphatic rings. The van der Waals surface area contributed by atoms with E-state index in [4.69, 9.17) is 25.0 Å². The summed E-state index contributed by atoms with van der Waals surface area (Å²) in [5, 5.41) is 19.4. The van der Waals surface area contributed by atoms with Gasteiger partial charge >= 0.3 is 7.12 Å². The van der Waals surface area contributed by atoms with E-state index in [1.54, 1.807) is 12.1 Å². The Morgan fingerprint density at radius 1 is 1.33 bits per heavy atom. The lowest BCUT2D eigenvalue weighted by atomic mass is 9.77. The van der Waals surface area contributed by atoms with Crippen molar-refractivity contribution in [2.45, 2.75) is 38.9 Å². The number of nitrogens with two attached hydrogens (primary N) is 1. The van der Waals surface area contributed by atoms with Gasteiger partial charge in [-0.15, -0.1) is 0 Å². The van der Waals surface area contributed by atoms with E-state index in [-0.39, 0.29) is 18.0 Å². The van der Waals surface area contributed by atoms with E-state index >= 15 is 0 Å². The third-order valence-corrected chi connectivity index (χ3v) is 4.59. The van der Waals surface area contributed by atoms with Gasteiger partial charge in [-0.1, -0.05) is 6.08 Å². The zero-order valence-corrected chi connectivity index (χ0v) is 14.7. The zero-order valence-electron chi connectivity index (χ0n) is 14.7. The van der Waals surface area contributed by atoms with Crippen LogP contribution in [0.25, 0.3) is 6.08 Å². The summed E-state index contributed by atoms with van der Waals surface area (Å²) in [4.78, 5) is 0. The van der Waals surface area contributed by atoms with Crippen molar-refractivity contribution < 1.29 is 19.2 Å². The predicted molar refractivity (Wildman–Crippen MR) is 92.5 cm³/mol. The first-order valence-electron chi connectivity index (χ1n) is 7.72. The lowest BCUT2D eigenvalue weighted by Crippen LogP contribution is -2.41. The minimum absolute atomic E-state index is 0.0565. The fourth-order valence-corrected chi connectivity index (χ4v) is 2.38. The molecule has 0 unspecified atom stereocenters. The molecular weight excluding hydrogens is 307 g/mol. The first-order chi connectivity index (χ1) is 11.1. The van der Waals surface area contributed by atoms with Gasteiger partial charge in [0.05, 0.1) is 29.9 Å². The average Bonchev–Trinajstić information content (AvgIpc) is 2.74. The van der Waals surface area contributed by atoms with E-state index in [1.165, 1.54) is 13.2 Å². The van der Waals surface area contributed by atoms with Gasteiger partial charge in [0.2, 0.25) is 0 Å². The molecule has 3 N–H and O–H groups in total. The lowest BCUT2D eigenvalue weighted by molar-refractivity contribution is 0.00578. The number of aromatic hydroxyl groups is 1. The lowest BCUT2D eigenvalue weighted by Gasteiger charge is -2.32. The second-order valence-electron chi connectivity index (χ2n) is 6.74. The van der Waals surface area contributed by atoms with Gasteiger partial charge in [-0.3, -0.25) is 0 Å². The molecule has 0 aliphatic carbocycles. The number of phenols is 1. The molecule has 2 rings (SSSR count). The van der Waals surface area contributed by atoms with Crippen LogP contribution in [0.15, 0.2) is 17.6 Å². The molecule has 1 aromatic rings. The summed E-state index contributed by atoms with van der Waals surface area (Å²) in [6, 6.07) is 5.09. The molecule has 0 bridgehead atoms. The molecule has 1 aromatic carbocycles. The van der Waals surface area contributed by atoms with Gasteiger partial charge in [0.15, 0.2) is 11.5 Å². The van der Waals surface area contributed by atoms with Crippen LogP contribution in [0.3, 0.4) is 0 Å². The molecule has 0 spiro atoms. The molecule has 6 nitrogen and oxygen atoms in total. The van der Waals surface area contributed by atoms with Gasteiger partial charge in [0.25, 0.3) is 0 Å². The van der Waals surface area contributed by atoms with Gasteiger partial charge in [-0.25, -0.2) is 0 Å². The molecule has 0 radical (unpaired) electrons. The summed E-state index contributed by atoms with van der Waals surface area (Å²) in [7, 11) is 0.818. The summed E-state index contributed by atoms with van der Waals surface area (Å²) < 4.78 is 17.1. The summed E-state index contributed by atoms with van der Waals surface area (Å²) in [6.45, 7) is 8.02. The molecule has 1 aliphatic heterocycles. The largest absolute Gasteiger partial charge is 0.504 e. The number of nitrogens with zero attached hydrogens (tertiary/aromatic N) is 1. The van der Waals surface area contributed by atoms with Crippen molar-refractivity contribution in [3.63, 3.8) is 0 Å². The number of methoxy groups -OCH3 is 1. The standard InChI is InChI=1S/C17H23BN2O4/c1-16(2)17(3,4)24-18(23-16)13(10-20)8-12-6-11(9-19)7-14(22-5)15(12)21/h6-8,21H,10,20H2,1-5H3. The Kier molecular flexibility index (Phi) is 4.95. The summed E-state index contributed by atoms with van der Waals surface area (Å²) in [6.07, 6.45) is 1.68. The number of hydrogen-bond acceptors (Lipinski definition) is 6. The van der Waals surface area contributed by atoms with Gasteiger partial charge in [0.1, 0.15) is 0 Å². The number of rotatable bonds is 4. The minimum Gasteiger partial charge on any atom is -0.504 e. The third-order valence-electron chi connectivity index (χ3n) is 4.59. The van der Waals surface area contributed by atoms with Crippen molar-refractivity contribution >= 4 is 13.2 Å². The van der Waals surface area contributed by atoms with Crippen LogP contribution in [-0.2, 0) is 9.31 Å². The molecule has 24 heavy (non-hydrogen) atoms. The van der Waals surface area contributed by atoms with Gasteiger partial charge < -0.3 is 24.9 Å². The van der Waals surface area contributed by atoms with Crippen LogP contribution in [0.1, 0.15) is 38.8 Å². The van der Waals surface area contributed by atoms with Crippen molar-refractivity contribution in [1.82, 2.24) is 0 Å². The fourth-order valence-electron chi connectivity index (χ4n) is 2.38. The topological polar surface area (TPSA) is 97.7 Å². The van der Waals surface area contributed by atoms with Crippen LogP contribution in [0.2, 0.25) is 0 Å². The second kappa shape index (κ2) is 6.48. The van der Waals surface area contributed by atoms with E-state index < -0.39 is 18.3 Å². The van der Waals surface area contributed by atoms with Crippen molar-refractivity contribution in [2.75, 3.05) is 13.7 Å². The Labute approximate surface area is 143 Å². The van der Waals surface area contributed by atoms with E-state index in [0.717, 1.165) is 0 Å². The quantitative estimate of drug-likeness (QED) is 0.822. The zero-order chi connectivity index (χ0) is 18.1. The maximum Gasteiger partial charge on any atom is 0.491 e. The first-order valence-corrected chi connectivity index (χ1v) is 7.72. The van der Waals surface area contributed by atoms with E-state index in [2.05, 4.69) is 0 Å². The molecule has 0 aromatic heterocycles. The summed E-state index contributed by atoms with van der Waals surface area (Å²) in [5.41, 5.74) is 6.37. The van der Waals surface area contributed by atoms with Crippen LogP contribution in [0, 0.1) is 11.3 Å². The maximum absolute atomic E-state index is 10.3. The van der Waals surface area contributed by atoms with Crippen LogP contribution in [0.4, 0.5) is 0 Å². The second-order valence-corrected chi connectivity index (χ2v) is 6.74. The third kappa shape index (κ3) is 3.27. The molecule has 0 amide bonds. The highest BCUT2D eigenvalue weighted by Gasteiger charge is 2.52. The Hall–Kier alpha value is -2.01. The Morgan fingerprint density at radius 2 is 1.92 bits per heavy atom. The molecule has 7 heteroatoms. The minimum atomic E-state index is -0.615. The monoisotopic (exact) mass is 330 g/mol. The Morgan fingerprint density at radius 3 is 2.38 bits per heavy atom. The van der Waals surface area contributed by atoms with E-state index in [0.29, 0.717) is 16.6 Å². The van der Waals surface area contributed by atoms with Gasteiger partial charge in [-0.2, -0.15) is 5.26 Å². The number of hydrogen-bond donors (Lipinski definition) is 2. The predicted octanol–water partition coefficient (Wildman–Crippen LogP) is 2.25. The van der Waals surface area contributed by atoms with E-state index in [9.17, 15) is 5.11 Å². The van der Waals surface area contributed by atoms with Crippen molar-refractivity contribution in [2.24, 2.45) is 5.73 Å². The van der Waals surface area contributed by atoms with Crippen LogP contribution in [0.5, 0.6) is 11.5 Å². The summed E-state index contributed by atoms with van der Waals surface area (Å²) >= 11 is 0. The normalized spacial score (nSPS) is 19.2. The van der Waals surface area contributed by atoms with Crippen molar-refractivity contribution in [1.29, 1.82) is 5.26 Å². The Balaban J connectivity index is 2.44. The fraction of sp³-hybridized carbons (Fsp3) is 0.471. The molecule has 128 valence electrons. The van der Waals surface area contributed by atoms with Gasteiger partial charge in [0, 0.05) is 18.2 Å². The molecule has 1 saturated heterocycles. The summed E-state index contributed by atoms with van der Waals surface area (Å²) in [5.74, 6) is 0.171.